The maximum atomic E-state index is 14.4. The Hall–Kier alpha value is -4.74. The van der Waals surface area contributed by atoms with Crippen molar-refractivity contribution in [3.63, 3.8) is 0 Å². The van der Waals surface area contributed by atoms with Crippen molar-refractivity contribution in [3.05, 3.63) is 60.0 Å². The Morgan fingerprint density at radius 3 is 2.53 bits per heavy atom. The van der Waals surface area contributed by atoms with Crippen molar-refractivity contribution < 1.29 is 23.5 Å². The summed E-state index contributed by atoms with van der Waals surface area (Å²) in [5, 5.41) is 13.5. The fourth-order valence-electron chi connectivity index (χ4n) is 3.23. The lowest BCUT2D eigenvalue weighted by atomic mass is 10.1. The predicted octanol–water partition coefficient (Wildman–Crippen LogP) is 2.69. The van der Waals surface area contributed by atoms with Gasteiger partial charge in [0.2, 0.25) is 11.9 Å². The molecule has 0 aliphatic carbocycles. The zero-order chi connectivity index (χ0) is 25.9. The van der Waals surface area contributed by atoms with Gasteiger partial charge in [0.05, 0.1) is 18.4 Å². The number of carbonyl (C=O) groups is 3. The number of hydrogen-bond donors (Lipinski definition) is 5. The number of hydrogen-bond acceptors (Lipinski definition) is 8. The fraction of sp³-hybridized carbons (Fsp3) is 0.208. The van der Waals surface area contributed by atoms with Gasteiger partial charge in [-0.25, -0.2) is 9.37 Å². The van der Waals surface area contributed by atoms with E-state index in [0.717, 1.165) is 6.20 Å². The van der Waals surface area contributed by atoms with Gasteiger partial charge in [-0.05, 0) is 56.3 Å². The Balaban J connectivity index is 1.44. The van der Waals surface area contributed by atoms with Crippen LogP contribution >= 0.6 is 0 Å². The lowest BCUT2D eigenvalue weighted by Gasteiger charge is -2.31. The van der Waals surface area contributed by atoms with Crippen molar-refractivity contribution in [2.45, 2.75) is 19.4 Å². The van der Waals surface area contributed by atoms with E-state index >= 15 is 0 Å². The van der Waals surface area contributed by atoms with E-state index in [0.29, 0.717) is 28.4 Å². The molecule has 0 saturated carbocycles. The number of aromatic nitrogens is 2. The Kier molecular flexibility index (Phi) is 6.68. The molecule has 0 fully saturated rings. The molecule has 0 atom stereocenters. The normalized spacial score (nSPS) is 13.5. The van der Waals surface area contributed by atoms with Gasteiger partial charge in [-0.15, -0.1) is 0 Å². The zero-order valence-corrected chi connectivity index (χ0v) is 19.7. The second kappa shape index (κ2) is 9.86. The van der Waals surface area contributed by atoms with E-state index in [-0.39, 0.29) is 30.1 Å². The molecular weight excluding hydrogens is 469 g/mol. The maximum absolute atomic E-state index is 14.4. The van der Waals surface area contributed by atoms with Crippen molar-refractivity contribution in [2.75, 3.05) is 29.5 Å². The molecule has 1 aliphatic heterocycles. The Morgan fingerprint density at radius 1 is 1.08 bits per heavy atom. The molecule has 0 bridgehead atoms. The predicted molar refractivity (Wildman–Crippen MR) is 131 cm³/mol. The van der Waals surface area contributed by atoms with E-state index in [9.17, 15) is 18.8 Å². The van der Waals surface area contributed by atoms with Gasteiger partial charge in [0.25, 0.3) is 11.8 Å². The molecule has 0 unspecified atom stereocenters. The molecule has 1 aliphatic rings. The van der Waals surface area contributed by atoms with Gasteiger partial charge in [0.15, 0.2) is 17.2 Å². The lowest BCUT2D eigenvalue weighted by Crippen LogP contribution is -2.45. The minimum Gasteiger partial charge on any atom is -0.476 e. The van der Waals surface area contributed by atoms with Crippen molar-refractivity contribution in [3.8, 4) is 5.75 Å². The first-order valence-corrected chi connectivity index (χ1v) is 10.9. The number of nitrogens with one attached hydrogen (secondary N) is 5. The first-order valence-electron chi connectivity index (χ1n) is 10.9. The standard InChI is InChI=1S/C24H24FN7O4/c1-24(2)22(35)31-17-10-15(8-9-18(17)36-24)29-20-16(25)11-28-23(32-20)30-14-6-4-13(5-7-14)21(34)27-12-19(33)26-3/h4-11H,12H2,1-3H3,(H,26,33)(H,27,34)(H,31,35)(H2,28,29,30,32). The van der Waals surface area contributed by atoms with Crippen molar-refractivity contribution in [1.82, 2.24) is 20.6 Å². The number of rotatable bonds is 7. The van der Waals surface area contributed by atoms with Crippen molar-refractivity contribution >= 4 is 46.5 Å². The van der Waals surface area contributed by atoms with Crippen LogP contribution in [0.5, 0.6) is 5.75 Å². The SMILES string of the molecule is CNC(=O)CNC(=O)c1ccc(Nc2ncc(F)c(Nc3ccc4c(c3)NC(=O)C(C)(C)O4)n2)cc1. The third kappa shape index (κ3) is 5.49. The topological polar surface area (TPSA) is 146 Å². The lowest BCUT2D eigenvalue weighted by molar-refractivity contribution is -0.129. The number of halogens is 1. The number of carbonyl (C=O) groups excluding carboxylic acids is 3. The summed E-state index contributed by atoms with van der Waals surface area (Å²) in [5.41, 5.74) is 0.865. The monoisotopic (exact) mass is 493 g/mol. The number of amides is 3. The number of likely N-dealkylation sites (N-methyl/N-ethyl adjacent to an activating group) is 1. The highest BCUT2D eigenvalue weighted by atomic mass is 19.1. The van der Waals surface area contributed by atoms with E-state index in [4.69, 9.17) is 4.74 Å². The number of nitrogens with zero attached hydrogens (tertiary/aromatic N) is 2. The average molecular weight is 493 g/mol. The number of fused-ring (bicyclic) bond motifs is 1. The van der Waals surface area contributed by atoms with Crippen LogP contribution in [-0.2, 0) is 9.59 Å². The molecule has 2 heterocycles. The van der Waals surface area contributed by atoms with Crippen LogP contribution in [0, 0.1) is 5.82 Å². The second-order valence-corrected chi connectivity index (χ2v) is 8.35. The molecule has 12 heteroatoms. The van der Waals surface area contributed by atoms with Crippen LogP contribution < -0.4 is 31.3 Å². The van der Waals surface area contributed by atoms with E-state index < -0.39 is 17.3 Å². The minimum absolute atomic E-state index is 0.0824. The quantitative estimate of drug-likeness (QED) is 0.338. The summed E-state index contributed by atoms with van der Waals surface area (Å²) in [6.45, 7) is 3.20. The third-order valence-corrected chi connectivity index (χ3v) is 5.24. The van der Waals surface area contributed by atoms with Crippen LogP contribution in [0.3, 0.4) is 0 Å². The Morgan fingerprint density at radius 2 is 1.81 bits per heavy atom. The molecule has 186 valence electrons. The molecule has 11 nitrogen and oxygen atoms in total. The van der Waals surface area contributed by atoms with Gasteiger partial charge in [-0.3, -0.25) is 14.4 Å². The highest BCUT2D eigenvalue weighted by molar-refractivity contribution is 6.00. The van der Waals surface area contributed by atoms with Crippen LogP contribution in [0.4, 0.5) is 33.2 Å². The minimum atomic E-state index is -0.991. The first-order chi connectivity index (χ1) is 17.1. The summed E-state index contributed by atoms with van der Waals surface area (Å²) < 4.78 is 20.1. The average Bonchev–Trinajstić information content (AvgIpc) is 2.85. The van der Waals surface area contributed by atoms with Crippen LogP contribution in [0.1, 0.15) is 24.2 Å². The summed E-state index contributed by atoms with van der Waals surface area (Å²) in [6, 6.07) is 11.3. The van der Waals surface area contributed by atoms with E-state index in [1.165, 1.54) is 7.05 Å². The van der Waals surface area contributed by atoms with Crippen LogP contribution in [-0.4, -0.2) is 46.9 Å². The first kappa shape index (κ1) is 24.4. The van der Waals surface area contributed by atoms with Gasteiger partial charge < -0.3 is 31.3 Å². The van der Waals surface area contributed by atoms with E-state index in [1.807, 2.05) is 0 Å². The molecule has 3 amide bonds. The van der Waals surface area contributed by atoms with Gasteiger partial charge in [-0.1, -0.05) is 0 Å². The second-order valence-electron chi connectivity index (χ2n) is 8.35. The molecule has 2 aromatic carbocycles. The number of anilines is 5. The summed E-state index contributed by atoms with van der Waals surface area (Å²) in [4.78, 5) is 43.7. The smallest absolute Gasteiger partial charge is 0.268 e. The van der Waals surface area contributed by atoms with Gasteiger partial charge in [-0.2, -0.15) is 4.98 Å². The van der Waals surface area contributed by atoms with Gasteiger partial charge in [0.1, 0.15) is 5.75 Å². The Labute approximate surface area is 205 Å². The molecule has 0 saturated heterocycles. The molecular formula is C24H24FN7O4. The van der Waals surface area contributed by atoms with Gasteiger partial charge >= 0.3 is 0 Å². The highest BCUT2D eigenvalue weighted by Crippen LogP contribution is 2.36. The Bertz CT molecular complexity index is 1330. The summed E-state index contributed by atoms with van der Waals surface area (Å²) in [6.07, 6.45) is 1.02. The van der Waals surface area contributed by atoms with Crippen LogP contribution in [0.15, 0.2) is 48.7 Å². The van der Waals surface area contributed by atoms with Crippen molar-refractivity contribution in [2.24, 2.45) is 0 Å². The van der Waals surface area contributed by atoms with E-state index in [2.05, 4.69) is 36.6 Å². The maximum Gasteiger partial charge on any atom is 0.268 e. The molecule has 0 spiro atoms. The molecule has 5 N–H and O–H groups in total. The van der Waals surface area contributed by atoms with E-state index in [1.54, 1.807) is 56.3 Å². The summed E-state index contributed by atoms with van der Waals surface area (Å²) in [5.74, 6) is -1.14. The number of benzene rings is 2. The molecule has 4 rings (SSSR count). The largest absolute Gasteiger partial charge is 0.476 e. The highest BCUT2D eigenvalue weighted by Gasteiger charge is 2.35. The fourth-order valence-corrected chi connectivity index (χ4v) is 3.23. The zero-order valence-electron chi connectivity index (χ0n) is 19.7. The van der Waals surface area contributed by atoms with Gasteiger partial charge in [0, 0.05) is 24.0 Å². The molecule has 36 heavy (non-hydrogen) atoms. The molecule has 1 aromatic heterocycles. The number of ether oxygens (including phenoxy) is 1. The van der Waals surface area contributed by atoms with Crippen LogP contribution in [0.2, 0.25) is 0 Å². The van der Waals surface area contributed by atoms with Crippen LogP contribution in [0.25, 0.3) is 0 Å². The third-order valence-electron chi connectivity index (χ3n) is 5.24. The molecule has 3 aromatic rings. The summed E-state index contributed by atoms with van der Waals surface area (Å²) in [7, 11) is 1.48. The van der Waals surface area contributed by atoms with Crippen molar-refractivity contribution in [1.29, 1.82) is 0 Å². The molecule has 0 radical (unpaired) electrons. The summed E-state index contributed by atoms with van der Waals surface area (Å²) >= 11 is 0.